The lowest BCUT2D eigenvalue weighted by Crippen LogP contribution is -2.27. The van der Waals surface area contributed by atoms with E-state index in [0.717, 1.165) is 0 Å². The summed E-state index contributed by atoms with van der Waals surface area (Å²) in [6.45, 7) is 0. The summed E-state index contributed by atoms with van der Waals surface area (Å²) in [5.41, 5.74) is 0.00706. The number of nitrogens with zero attached hydrogens (tertiary/aromatic N) is 3. The van der Waals surface area contributed by atoms with Gasteiger partial charge >= 0.3 is 0 Å². The van der Waals surface area contributed by atoms with Crippen molar-refractivity contribution in [2.45, 2.75) is 0 Å². The molecule has 1 aromatic carbocycles. The van der Waals surface area contributed by atoms with Gasteiger partial charge in [-0.15, -0.1) is 0 Å². The standard InChI is InChI=1S/C13H9Cl2N3O3/c1-17(11-7-16-12(15)6-9(11)14)13(19)8-4-2-3-5-10(8)18(20)21/h2-7H,1H3. The molecule has 0 saturated heterocycles. The molecule has 0 fully saturated rings. The molecule has 0 spiro atoms. The van der Waals surface area contributed by atoms with Crippen molar-refractivity contribution >= 4 is 40.5 Å². The smallest absolute Gasteiger partial charge is 0.282 e. The van der Waals surface area contributed by atoms with E-state index >= 15 is 0 Å². The summed E-state index contributed by atoms with van der Waals surface area (Å²) in [7, 11) is 1.45. The number of anilines is 1. The highest BCUT2D eigenvalue weighted by Crippen LogP contribution is 2.28. The number of para-hydroxylation sites is 1. The molecule has 1 heterocycles. The highest BCUT2D eigenvalue weighted by Gasteiger charge is 2.24. The highest BCUT2D eigenvalue weighted by molar-refractivity contribution is 6.36. The fraction of sp³-hybridized carbons (Fsp3) is 0.0769. The van der Waals surface area contributed by atoms with Crippen LogP contribution in [0, 0.1) is 10.1 Å². The fourth-order valence-electron chi connectivity index (χ4n) is 1.75. The Kier molecular flexibility index (Phi) is 4.40. The van der Waals surface area contributed by atoms with E-state index in [4.69, 9.17) is 23.2 Å². The highest BCUT2D eigenvalue weighted by atomic mass is 35.5. The first-order valence-electron chi connectivity index (χ1n) is 5.74. The zero-order chi connectivity index (χ0) is 15.6. The number of amides is 1. The molecular weight excluding hydrogens is 317 g/mol. The number of carbonyl (C=O) groups is 1. The molecule has 2 aromatic rings. The summed E-state index contributed by atoms with van der Waals surface area (Å²) in [4.78, 5) is 27.8. The number of nitro benzene ring substituents is 1. The first-order valence-corrected chi connectivity index (χ1v) is 6.50. The van der Waals surface area contributed by atoms with E-state index in [0.29, 0.717) is 5.69 Å². The predicted octanol–water partition coefficient (Wildman–Crippen LogP) is 3.57. The van der Waals surface area contributed by atoms with Gasteiger partial charge in [0.15, 0.2) is 0 Å². The molecule has 21 heavy (non-hydrogen) atoms. The van der Waals surface area contributed by atoms with Crippen LogP contribution in [-0.4, -0.2) is 22.9 Å². The van der Waals surface area contributed by atoms with Crippen LogP contribution in [0.3, 0.4) is 0 Å². The van der Waals surface area contributed by atoms with Crippen molar-refractivity contribution in [3.63, 3.8) is 0 Å². The SMILES string of the molecule is CN(C(=O)c1ccccc1[N+](=O)[O-])c1cnc(Cl)cc1Cl. The Labute approximate surface area is 130 Å². The number of halogens is 2. The normalized spacial score (nSPS) is 10.2. The maximum Gasteiger partial charge on any atom is 0.282 e. The van der Waals surface area contributed by atoms with Crippen LogP contribution in [0.1, 0.15) is 10.4 Å². The fourth-order valence-corrected chi connectivity index (χ4v) is 2.24. The van der Waals surface area contributed by atoms with Crippen molar-refractivity contribution in [2.75, 3.05) is 11.9 Å². The zero-order valence-corrected chi connectivity index (χ0v) is 12.3. The largest absolute Gasteiger partial charge is 0.308 e. The second-order valence-corrected chi connectivity index (χ2v) is 4.89. The topological polar surface area (TPSA) is 76.3 Å². The van der Waals surface area contributed by atoms with E-state index in [1.165, 1.54) is 42.4 Å². The number of hydrogen-bond donors (Lipinski definition) is 0. The van der Waals surface area contributed by atoms with Gasteiger partial charge in [0.05, 0.1) is 21.8 Å². The number of nitro groups is 1. The monoisotopic (exact) mass is 325 g/mol. The molecule has 0 aliphatic carbocycles. The van der Waals surface area contributed by atoms with Gasteiger partial charge in [-0.25, -0.2) is 4.98 Å². The lowest BCUT2D eigenvalue weighted by atomic mass is 10.1. The molecule has 2 rings (SSSR count). The predicted molar refractivity (Wildman–Crippen MR) is 80.1 cm³/mol. The molecule has 0 radical (unpaired) electrons. The maximum atomic E-state index is 12.4. The first kappa shape index (κ1) is 15.2. The Morgan fingerprint density at radius 3 is 2.62 bits per heavy atom. The van der Waals surface area contributed by atoms with Crippen LogP contribution < -0.4 is 4.90 Å². The van der Waals surface area contributed by atoms with Crippen LogP contribution >= 0.6 is 23.2 Å². The number of rotatable bonds is 3. The Bertz CT molecular complexity index is 722. The van der Waals surface area contributed by atoms with E-state index in [1.54, 1.807) is 6.07 Å². The third-order valence-corrected chi connectivity index (χ3v) is 3.31. The summed E-state index contributed by atoms with van der Waals surface area (Å²) in [5.74, 6) is -0.562. The van der Waals surface area contributed by atoms with Crippen LogP contribution in [0.25, 0.3) is 0 Å². The molecule has 0 atom stereocenters. The Morgan fingerprint density at radius 1 is 1.33 bits per heavy atom. The Hall–Kier alpha value is -2.18. The molecule has 108 valence electrons. The van der Waals surface area contributed by atoms with Crippen molar-refractivity contribution in [3.8, 4) is 0 Å². The van der Waals surface area contributed by atoms with Crippen molar-refractivity contribution in [2.24, 2.45) is 0 Å². The first-order chi connectivity index (χ1) is 9.91. The number of aromatic nitrogens is 1. The van der Waals surface area contributed by atoms with Crippen LogP contribution in [0.15, 0.2) is 36.5 Å². The molecule has 1 amide bonds. The Morgan fingerprint density at radius 2 is 2.00 bits per heavy atom. The van der Waals surface area contributed by atoms with Crippen molar-refractivity contribution in [1.82, 2.24) is 4.98 Å². The second kappa shape index (κ2) is 6.07. The van der Waals surface area contributed by atoms with E-state index in [9.17, 15) is 14.9 Å². The zero-order valence-electron chi connectivity index (χ0n) is 10.8. The number of benzene rings is 1. The van der Waals surface area contributed by atoms with Crippen LogP contribution in [0.2, 0.25) is 10.2 Å². The van der Waals surface area contributed by atoms with Crippen LogP contribution in [0.4, 0.5) is 11.4 Å². The molecule has 0 aliphatic rings. The Balaban J connectivity index is 2.42. The molecule has 8 heteroatoms. The van der Waals surface area contributed by atoms with Gasteiger partial charge in [0.1, 0.15) is 10.7 Å². The van der Waals surface area contributed by atoms with Gasteiger partial charge in [-0.3, -0.25) is 14.9 Å². The summed E-state index contributed by atoms with van der Waals surface area (Å²) >= 11 is 11.7. The number of pyridine rings is 1. The summed E-state index contributed by atoms with van der Waals surface area (Å²) in [6, 6.07) is 7.08. The number of carbonyl (C=O) groups excluding carboxylic acids is 1. The quantitative estimate of drug-likeness (QED) is 0.491. The van der Waals surface area contributed by atoms with E-state index < -0.39 is 10.8 Å². The molecule has 0 bridgehead atoms. The van der Waals surface area contributed by atoms with Crippen molar-refractivity contribution in [1.29, 1.82) is 0 Å². The molecular formula is C13H9Cl2N3O3. The number of hydrogen-bond acceptors (Lipinski definition) is 4. The minimum atomic E-state index is -0.608. The van der Waals surface area contributed by atoms with E-state index in [-0.39, 0.29) is 21.4 Å². The second-order valence-electron chi connectivity index (χ2n) is 4.10. The third-order valence-electron chi connectivity index (χ3n) is 2.80. The average Bonchev–Trinajstić information content (AvgIpc) is 2.45. The van der Waals surface area contributed by atoms with Gasteiger partial charge in [-0.1, -0.05) is 35.3 Å². The van der Waals surface area contributed by atoms with Gasteiger partial charge in [0, 0.05) is 13.1 Å². The van der Waals surface area contributed by atoms with Gasteiger partial charge in [0.25, 0.3) is 11.6 Å². The van der Waals surface area contributed by atoms with Gasteiger partial charge in [0.2, 0.25) is 0 Å². The van der Waals surface area contributed by atoms with Crippen molar-refractivity contribution < 1.29 is 9.72 Å². The minimum Gasteiger partial charge on any atom is -0.308 e. The summed E-state index contributed by atoms with van der Waals surface area (Å²) in [6.07, 6.45) is 1.33. The van der Waals surface area contributed by atoms with E-state index in [1.807, 2.05) is 0 Å². The lowest BCUT2D eigenvalue weighted by molar-refractivity contribution is -0.385. The van der Waals surface area contributed by atoms with Gasteiger partial charge < -0.3 is 4.90 Å². The molecule has 6 nitrogen and oxygen atoms in total. The molecule has 0 N–H and O–H groups in total. The van der Waals surface area contributed by atoms with Crippen LogP contribution in [-0.2, 0) is 0 Å². The molecule has 1 aromatic heterocycles. The summed E-state index contributed by atoms with van der Waals surface area (Å²) < 4.78 is 0. The van der Waals surface area contributed by atoms with Gasteiger partial charge in [-0.2, -0.15) is 0 Å². The van der Waals surface area contributed by atoms with Gasteiger partial charge in [-0.05, 0) is 12.1 Å². The lowest BCUT2D eigenvalue weighted by Gasteiger charge is -2.18. The van der Waals surface area contributed by atoms with Crippen molar-refractivity contribution in [3.05, 3.63) is 62.4 Å². The minimum absolute atomic E-state index is 0.0315. The third kappa shape index (κ3) is 3.12. The molecule has 0 aliphatic heterocycles. The average molecular weight is 326 g/mol. The summed E-state index contributed by atoms with van der Waals surface area (Å²) in [5, 5.41) is 11.4. The maximum absolute atomic E-state index is 12.4. The van der Waals surface area contributed by atoms with Crippen LogP contribution in [0.5, 0.6) is 0 Å². The van der Waals surface area contributed by atoms with E-state index in [2.05, 4.69) is 4.98 Å². The molecule has 0 saturated carbocycles. The molecule has 0 unspecified atom stereocenters.